The van der Waals surface area contributed by atoms with Crippen molar-refractivity contribution in [2.24, 2.45) is 0 Å². The Balaban J connectivity index is 2.11. The maximum atomic E-state index is 10.9. The van der Waals surface area contributed by atoms with Gasteiger partial charge in [-0.15, -0.1) is 0 Å². The van der Waals surface area contributed by atoms with Crippen molar-refractivity contribution in [2.75, 3.05) is 17.3 Å². The van der Waals surface area contributed by atoms with Crippen LogP contribution < -0.4 is 11.1 Å². The summed E-state index contributed by atoms with van der Waals surface area (Å²) >= 11 is 1.89. The number of carboxylic acid groups (broad SMARTS) is 1. The van der Waals surface area contributed by atoms with E-state index in [0.717, 1.165) is 12.1 Å². The topological polar surface area (TPSA) is 75.3 Å². The number of nitrogens with one attached hydrogen (secondary N) is 1. The lowest BCUT2D eigenvalue weighted by Gasteiger charge is -2.32. The molecule has 0 spiro atoms. The highest BCUT2D eigenvalue weighted by molar-refractivity contribution is 7.99. The zero-order valence-electron chi connectivity index (χ0n) is 11.1. The third kappa shape index (κ3) is 3.35. The molecule has 5 heteroatoms. The summed E-state index contributed by atoms with van der Waals surface area (Å²) in [6, 6.07) is 5.30. The van der Waals surface area contributed by atoms with Crippen LogP contribution in [0.15, 0.2) is 18.2 Å². The monoisotopic (exact) mass is 280 g/mol. The first kappa shape index (κ1) is 14.1. The molecule has 1 aromatic carbocycles. The summed E-state index contributed by atoms with van der Waals surface area (Å²) in [6.07, 6.45) is 7.04. The number of carboxylic acids is 1. The van der Waals surface area contributed by atoms with Gasteiger partial charge in [0.05, 0.1) is 16.9 Å². The predicted molar refractivity (Wildman–Crippen MR) is 81.0 cm³/mol. The summed E-state index contributed by atoms with van der Waals surface area (Å²) in [5.41, 5.74) is 7.51. The molecule has 1 aliphatic rings. The molecule has 104 valence electrons. The lowest BCUT2D eigenvalue weighted by atomic mass is 9.94. The van der Waals surface area contributed by atoms with Crippen molar-refractivity contribution in [1.82, 2.24) is 0 Å². The quantitative estimate of drug-likeness (QED) is 0.739. The zero-order chi connectivity index (χ0) is 13.8. The second kappa shape index (κ2) is 6.19. The highest BCUT2D eigenvalue weighted by Crippen LogP contribution is 2.31. The van der Waals surface area contributed by atoms with E-state index >= 15 is 0 Å². The summed E-state index contributed by atoms with van der Waals surface area (Å²) in [7, 11) is 0. The normalized spacial score (nSPS) is 23.0. The highest BCUT2D eigenvalue weighted by Gasteiger charge is 2.24. The fourth-order valence-corrected chi connectivity index (χ4v) is 3.51. The molecule has 1 aromatic rings. The van der Waals surface area contributed by atoms with Gasteiger partial charge in [0.15, 0.2) is 0 Å². The maximum absolute atomic E-state index is 10.9. The summed E-state index contributed by atoms with van der Waals surface area (Å²) in [5, 5.41) is 13.0. The van der Waals surface area contributed by atoms with Crippen LogP contribution in [0.2, 0.25) is 0 Å². The van der Waals surface area contributed by atoms with Crippen molar-refractivity contribution < 1.29 is 9.90 Å². The van der Waals surface area contributed by atoms with Crippen molar-refractivity contribution in [3.8, 4) is 0 Å². The molecule has 4 N–H and O–H groups in total. The predicted octanol–water partition coefficient (Wildman–Crippen LogP) is 3.05. The van der Waals surface area contributed by atoms with Crippen molar-refractivity contribution >= 4 is 29.1 Å². The van der Waals surface area contributed by atoms with Crippen molar-refractivity contribution in [3.05, 3.63) is 23.8 Å². The Hall–Kier alpha value is -1.36. The van der Waals surface area contributed by atoms with Gasteiger partial charge in [0.25, 0.3) is 0 Å². The Morgan fingerprint density at radius 1 is 1.42 bits per heavy atom. The van der Waals surface area contributed by atoms with Crippen LogP contribution >= 0.6 is 11.8 Å². The van der Waals surface area contributed by atoms with Crippen molar-refractivity contribution in [3.63, 3.8) is 0 Å². The average Bonchev–Trinajstić information content (AvgIpc) is 2.41. The number of anilines is 2. The van der Waals surface area contributed by atoms with Gasteiger partial charge in [-0.1, -0.05) is 12.8 Å². The van der Waals surface area contributed by atoms with E-state index in [-0.39, 0.29) is 5.56 Å². The van der Waals surface area contributed by atoms with Crippen molar-refractivity contribution in [2.45, 2.75) is 37.0 Å². The minimum absolute atomic E-state index is 0.230. The number of thioether (sulfide) groups is 1. The molecule has 2 atom stereocenters. The van der Waals surface area contributed by atoms with Crippen LogP contribution in [0.3, 0.4) is 0 Å². The first-order chi connectivity index (χ1) is 9.11. The van der Waals surface area contributed by atoms with E-state index in [2.05, 4.69) is 11.6 Å². The third-order valence-electron chi connectivity index (χ3n) is 3.64. The molecule has 0 radical (unpaired) electrons. The van der Waals surface area contributed by atoms with Crippen LogP contribution in [0.25, 0.3) is 0 Å². The van der Waals surface area contributed by atoms with Crippen LogP contribution in [0.1, 0.15) is 36.0 Å². The fraction of sp³-hybridized carbons (Fsp3) is 0.500. The minimum Gasteiger partial charge on any atom is -0.478 e. The molecule has 0 amide bonds. The molecule has 1 aliphatic carbocycles. The molecule has 2 unspecified atom stereocenters. The Labute approximate surface area is 117 Å². The fourth-order valence-electron chi connectivity index (χ4n) is 2.57. The first-order valence-corrected chi connectivity index (χ1v) is 7.82. The van der Waals surface area contributed by atoms with E-state index < -0.39 is 5.97 Å². The summed E-state index contributed by atoms with van der Waals surface area (Å²) in [6.45, 7) is 0. The van der Waals surface area contributed by atoms with Gasteiger partial charge >= 0.3 is 5.97 Å². The largest absolute Gasteiger partial charge is 0.478 e. The van der Waals surface area contributed by atoms with Gasteiger partial charge in [-0.2, -0.15) is 11.8 Å². The molecule has 1 fully saturated rings. The van der Waals surface area contributed by atoms with Gasteiger partial charge in [0, 0.05) is 11.3 Å². The maximum Gasteiger partial charge on any atom is 0.335 e. The molecule has 0 heterocycles. The van der Waals surface area contributed by atoms with Gasteiger partial charge in [0.1, 0.15) is 0 Å². The number of benzene rings is 1. The number of hydrogen-bond acceptors (Lipinski definition) is 4. The molecule has 1 saturated carbocycles. The Kier molecular flexibility index (Phi) is 4.58. The van der Waals surface area contributed by atoms with Gasteiger partial charge in [-0.25, -0.2) is 4.79 Å². The van der Waals surface area contributed by atoms with E-state index in [0.29, 0.717) is 17.0 Å². The molecular weight excluding hydrogens is 260 g/mol. The Morgan fingerprint density at radius 3 is 2.79 bits per heavy atom. The number of nitrogen functional groups attached to an aromatic ring is 1. The smallest absolute Gasteiger partial charge is 0.335 e. The van der Waals surface area contributed by atoms with Gasteiger partial charge < -0.3 is 16.2 Å². The first-order valence-electron chi connectivity index (χ1n) is 6.54. The third-order valence-corrected chi connectivity index (χ3v) is 4.81. The lowest BCUT2D eigenvalue weighted by molar-refractivity contribution is 0.0697. The second-order valence-electron chi connectivity index (χ2n) is 4.92. The van der Waals surface area contributed by atoms with Gasteiger partial charge in [0.2, 0.25) is 0 Å². The van der Waals surface area contributed by atoms with Crippen LogP contribution in [0.4, 0.5) is 11.4 Å². The SMILES string of the molecule is CSC1CCCCC1Nc1ccc(C(=O)O)cc1N. The van der Waals surface area contributed by atoms with Crippen LogP contribution in [-0.4, -0.2) is 28.6 Å². The molecular formula is C14H20N2O2S. The zero-order valence-corrected chi connectivity index (χ0v) is 11.9. The summed E-state index contributed by atoms with van der Waals surface area (Å²) in [5.74, 6) is -0.946. The number of hydrogen-bond donors (Lipinski definition) is 3. The molecule has 2 rings (SSSR count). The molecule has 0 aliphatic heterocycles. The van der Waals surface area contributed by atoms with Crippen LogP contribution in [0, 0.1) is 0 Å². The highest BCUT2D eigenvalue weighted by atomic mass is 32.2. The molecule has 0 bridgehead atoms. The number of aromatic carboxylic acids is 1. The minimum atomic E-state index is -0.946. The van der Waals surface area contributed by atoms with Crippen LogP contribution in [-0.2, 0) is 0 Å². The van der Waals surface area contributed by atoms with E-state index in [4.69, 9.17) is 10.8 Å². The van der Waals surface area contributed by atoms with Crippen LogP contribution in [0.5, 0.6) is 0 Å². The standard InChI is InChI=1S/C14H20N2O2S/c1-19-13-5-3-2-4-12(13)16-11-7-6-9(14(17)18)8-10(11)15/h6-8,12-13,16H,2-5,15H2,1H3,(H,17,18). The van der Waals surface area contributed by atoms with E-state index in [1.807, 2.05) is 11.8 Å². The Morgan fingerprint density at radius 2 is 2.16 bits per heavy atom. The number of carbonyl (C=O) groups is 1. The van der Waals surface area contributed by atoms with Gasteiger partial charge in [-0.05, 0) is 37.3 Å². The number of nitrogens with two attached hydrogens (primary N) is 1. The Bertz CT molecular complexity index is 465. The number of rotatable bonds is 4. The molecule has 0 aromatic heterocycles. The summed E-state index contributed by atoms with van der Waals surface area (Å²) in [4.78, 5) is 10.9. The lowest BCUT2D eigenvalue weighted by Crippen LogP contribution is -2.34. The summed E-state index contributed by atoms with van der Waals surface area (Å²) < 4.78 is 0. The van der Waals surface area contributed by atoms with E-state index in [1.54, 1.807) is 12.1 Å². The van der Waals surface area contributed by atoms with E-state index in [9.17, 15) is 4.79 Å². The molecule has 0 saturated heterocycles. The van der Waals surface area contributed by atoms with Gasteiger partial charge in [-0.3, -0.25) is 0 Å². The second-order valence-corrected chi connectivity index (χ2v) is 5.99. The molecule has 4 nitrogen and oxygen atoms in total. The van der Waals surface area contributed by atoms with E-state index in [1.165, 1.54) is 25.3 Å². The van der Waals surface area contributed by atoms with Crippen molar-refractivity contribution in [1.29, 1.82) is 0 Å². The average molecular weight is 280 g/mol. The molecule has 19 heavy (non-hydrogen) atoms.